The molecule has 3 fully saturated rings. The third-order valence-corrected chi connectivity index (χ3v) is 7.94. The minimum Gasteiger partial charge on any atom is -0.497 e. The van der Waals surface area contributed by atoms with Crippen LogP contribution in [0.1, 0.15) is 54.9 Å². The van der Waals surface area contributed by atoms with E-state index < -0.39 is 0 Å². The van der Waals surface area contributed by atoms with Gasteiger partial charge < -0.3 is 25.0 Å². The highest BCUT2D eigenvalue weighted by molar-refractivity contribution is 5.94. The number of hydrogen-bond donors (Lipinski definition) is 4. The van der Waals surface area contributed by atoms with Gasteiger partial charge in [0, 0.05) is 54.5 Å². The van der Waals surface area contributed by atoms with E-state index in [1.807, 2.05) is 18.2 Å². The molecule has 6 atom stereocenters. The topological polar surface area (TPSA) is 86.9 Å². The quantitative estimate of drug-likeness (QED) is 0.492. The molecule has 1 aliphatic carbocycles. The molecule has 2 saturated heterocycles. The molecule has 2 aromatic carbocycles. The van der Waals surface area contributed by atoms with E-state index in [1.54, 1.807) is 14.2 Å². The minimum absolute atomic E-state index is 0.0387. The Kier molecular flexibility index (Phi) is 7.37. The molecular weight excluding hydrogens is 454 g/mol. The molecule has 4 unspecified atom stereocenters. The lowest BCUT2D eigenvalue weighted by atomic mass is 9.75. The summed E-state index contributed by atoms with van der Waals surface area (Å²) >= 11 is 0. The van der Waals surface area contributed by atoms with E-state index in [2.05, 4.69) is 64.5 Å². The third-order valence-electron chi connectivity index (χ3n) is 7.94. The third kappa shape index (κ3) is 5.31. The van der Waals surface area contributed by atoms with Crippen molar-refractivity contribution >= 4 is 11.6 Å². The summed E-state index contributed by atoms with van der Waals surface area (Å²) in [6.07, 6.45) is 3.00. The van der Waals surface area contributed by atoms with Crippen molar-refractivity contribution in [3.63, 3.8) is 0 Å². The van der Waals surface area contributed by atoms with Gasteiger partial charge in [0.25, 0.3) is 5.91 Å². The Morgan fingerprint density at radius 2 is 1.61 bits per heavy atom. The number of amides is 1. The van der Waals surface area contributed by atoms with E-state index in [0.717, 1.165) is 43.9 Å². The van der Waals surface area contributed by atoms with Gasteiger partial charge in [0.15, 0.2) is 0 Å². The second kappa shape index (κ2) is 10.7. The van der Waals surface area contributed by atoms with Gasteiger partial charge in [0.2, 0.25) is 0 Å². The number of methoxy groups -OCH3 is 2. The smallest absolute Gasteiger partial charge is 0.252 e. The molecule has 3 aliphatic rings. The molecule has 5 rings (SSSR count). The fourth-order valence-corrected chi connectivity index (χ4v) is 6.16. The maximum Gasteiger partial charge on any atom is 0.252 e. The van der Waals surface area contributed by atoms with Crippen molar-refractivity contribution in [2.45, 2.75) is 63.3 Å². The summed E-state index contributed by atoms with van der Waals surface area (Å²) in [5.74, 6) is 2.37. The van der Waals surface area contributed by atoms with Crippen molar-refractivity contribution in [3.05, 3.63) is 53.6 Å². The van der Waals surface area contributed by atoms with Crippen molar-refractivity contribution in [3.8, 4) is 11.5 Å². The number of piperazine rings is 1. The Morgan fingerprint density at radius 1 is 0.944 bits per heavy atom. The van der Waals surface area contributed by atoms with E-state index in [0.29, 0.717) is 35.5 Å². The van der Waals surface area contributed by atoms with Crippen LogP contribution in [0.4, 0.5) is 5.69 Å². The molecule has 8 nitrogen and oxygen atoms in total. The van der Waals surface area contributed by atoms with Crippen molar-refractivity contribution < 1.29 is 14.3 Å². The fraction of sp³-hybridized carbons (Fsp3) is 0.536. The van der Waals surface area contributed by atoms with Crippen molar-refractivity contribution in [2.24, 2.45) is 5.92 Å². The molecule has 1 amide bonds. The van der Waals surface area contributed by atoms with Crippen LogP contribution in [0.5, 0.6) is 11.5 Å². The normalized spacial score (nSPS) is 29.9. The molecule has 8 heteroatoms. The highest BCUT2D eigenvalue weighted by atomic mass is 16.5. The second-order valence-corrected chi connectivity index (χ2v) is 10.6. The molecule has 0 radical (unpaired) electrons. The van der Waals surface area contributed by atoms with E-state index >= 15 is 0 Å². The van der Waals surface area contributed by atoms with E-state index in [1.165, 1.54) is 11.3 Å². The predicted molar refractivity (Wildman–Crippen MR) is 142 cm³/mol. The summed E-state index contributed by atoms with van der Waals surface area (Å²) < 4.78 is 10.9. The van der Waals surface area contributed by atoms with Gasteiger partial charge in [-0.1, -0.05) is 0 Å². The summed E-state index contributed by atoms with van der Waals surface area (Å²) in [6.45, 7) is 6.36. The molecule has 4 N–H and O–H groups in total. The number of rotatable bonds is 6. The number of benzene rings is 2. The van der Waals surface area contributed by atoms with Gasteiger partial charge in [-0.15, -0.1) is 0 Å². The van der Waals surface area contributed by atoms with E-state index in [4.69, 9.17) is 9.47 Å². The van der Waals surface area contributed by atoms with Crippen LogP contribution in [0.2, 0.25) is 0 Å². The molecule has 2 heterocycles. The first-order chi connectivity index (χ1) is 17.4. The Morgan fingerprint density at radius 3 is 2.25 bits per heavy atom. The first-order valence-corrected chi connectivity index (χ1v) is 13.1. The summed E-state index contributed by atoms with van der Waals surface area (Å²) in [6, 6.07) is 15.3. The van der Waals surface area contributed by atoms with Crippen molar-refractivity contribution in [1.29, 1.82) is 0 Å². The molecular formula is C28H39N5O3. The zero-order valence-electron chi connectivity index (χ0n) is 21.7. The number of carbonyl (C=O) groups is 1. The zero-order chi connectivity index (χ0) is 25.2. The molecule has 194 valence electrons. The van der Waals surface area contributed by atoms with Crippen LogP contribution in [0, 0.1) is 5.92 Å². The van der Waals surface area contributed by atoms with Gasteiger partial charge in [0.1, 0.15) is 11.5 Å². The number of hydrogen-bond acceptors (Lipinski definition) is 7. The van der Waals surface area contributed by atoms with Crippen LogP contribution in [-0.2, 0) is 0 Å². The van der Waals surface area contributed by atoms with Crippen LogP contribution >= 0.6 is 0 Å². The summed E-state index contributed by atoms with van der Waals surface area (Å²) in [5, 5.41) is 6.79. The average molecular weight is 494 g/mol. The van der Waals surface area contributed by atoms with Crippen LogP contribution < -0.4 is 35.9 Å². The van der Waals surface area contributed by atoms with Crippen LogP contribution in [0.25, 0.3) is 0 Å². The SMILES string of the molecule is COc1cc(OC)cc(C2CCC3C(C2)NNC3NC(=O)c2ccc(N3C[C@@H](C)N[C@@H](C)C3)cc2)c1. The lowest BCUT2D eigenvalue weighted by molar-refractivity contribution is 0.0915. The van der Waals surface area contributed by atoms with Crippen LogP contribution in [-0.4, -0.2) is 57.5 Å². The highest BCUT2D eigenvalue weighted by Crippen LogP contribution is 2.40. The maximum atomic E-state index is 13.1. The van der Waals surface area contributed by atoms with Gasteiger partial charge in [-0.05, 0) is 81.0 Å². The summed E-state index contributed by atoms with van der Waals surface area (Å²) in [5.41, 5.74) is 9.89. The number of nitrogens with one attached hydrogen (secondary N) is 4. The molecule has 2 aliphatic heterocycles. The number of fused-ring (bicyclic) bond motifs is 1. The Hall–Kier alpha value is -2.81. The lowest BCUT2D eigenvalue weighted by Crippen LogP contribution is -2.54. The Labute approximate surface area is 214 Å². The van der Waals surface area contributed by atoms with Crippen molar-refractivity contribution in [1.82, 2.24) is 21.5 Å². The maximum absolute atomic E-state index is 13.1. The predicted octanol–water partition coefficient (Wildman–Crippen LogP) is 3.01. The molecule has 36 heavy (non-hydrogen) atoms. The number of hydrazine groups is 1. The second-order valence-electron chi connectivity index (χ2n) is 10.6. The van der Waals surface area contributed by atoms with Crippen LogP contribution in [0.3, 0.4) is 0 Å². The molecule has 0 bridgehead atoms. The van der Waals surface area contributed by atoms with Crippen LogP contribution in [0.15, 0.2) is 42.5 Å². The van der Waals surface area contributed by atoms with Gasteiger partial charge in [-0.2, -0.15) is 0 Å². The standard InChI is InChI=1S/C28H39N5O3/c1-17-15-33(16-18(2)29-17)22-8-5-19(6-9-22)28(34)30-27-25-10-7-20(13-26(25)31-32-27)21-11-23(35-3)14-24(12-21)36-4/h5-6,8-9,11-12,14,17-18,20,25-27,29,31-32H,7,10,13,15-16H2,1-4H3,(H,30,34)/t17-,18+,20?,25?,26?,27?. The van der Waals surface area contributed by atoms with E-state index in [9.17, 15) is 4.79 Å². The monoisotopic (exact) mass is 493 g/mol. The number of carbonyl (C=O) groups excluding carboxylic acids is 1. The molecule has 1 saturated carbocycles. The fourth-order valence-electron chi connectivity index (χ4n) is 6.16. The Bertz CT molecular complexity index is 1030. The van der Waals surface area contributed by atoms with Gasteiger partial charge in [0.05, 0.1) is 20.4 Å². The molecule has 0 spiro atoms. The number of anilines is 1. The zero-order valence-corrected chi connectivity index (χ0v) is 21.7. The van der Waals surface area contributed by atoms with Gasteiger partial charge >= 0.3 is 0 Å². The summed E-state index contributed by atoms with van der Waals surface area (Å²) in [4.78, 5) is 15.4. The van der Waals surface area contributed by atoms with E-state index in [-0.39, 0.29) is 12.1 Å². The molecule has 0 aromatic heterocycles. The summed E-state index contributed by atoms with van der Waals surface area (Å²) in [7, 11) is 3.37. The highest BCUT2D eigenvalue weighted by Gasteiger charge is 2.41. The molecule has 2 aromatic rings. The lowest BCUT2D eigenvalue weighted by Gasteiger charge is -2.37. The first kappa shape index (κ1) is 24.9. The van der Waals surface area contributed by atoms with Gasteiger partial charge in [-0.3, -0.25) is 10.2 Å². The first-order valence-electron chi connectivity index (χ1n) is 13.1. The van der Waals surface area contributed by atoms with Crippen molar-refractivity contribution in [2.75, 3.05) is 32.2 Å². The number of nitrogens with zero attached hydrogens (tertiary/aromatic N) is 1. The average Bonchev–Trinajstić information content (AvgIpc) is 3.29. The minimum atomic E-state index is -0.0853. The Balaban J connectivity index is 1.19. The van der Waals surface area contributed by atoms with Gasteiger partial charge in [-0.25, -0.2) is 5.43 Å². The number of ether oxygens (including phenoxy) is 2. The largest absolute Gasteiger partial charge is 0.497 e.